The van der Waals surface area contributed by atoms with Crippen LogP contribution in [0.15, 0.2) is 0 Å². The Morgan fingerprint density at radius 2 is 0.517 bits per heavy atom. The summed E-state index contributed by atoms with van der Waals surface area (Å²) in [5.41, 5.74) is 0. The second kappa shape index (κ2) is 32.4. The Bertz CT molecular complexity index is 1760. The average Bonchev–Trinajstić information content (AvgIpc) is 2.71. The summed E-state index contributed by atoms with van der Waals surface area (Å²) in [6, 6.07) is 0. The molecule has 0 aliphatic heterocycles. The van der Waals surface area contributed by atoms with Crippen LogP contribution in [0, 0.1) is 0 Å². The predicted octanol–water partition coefficient (Wildman–Crippen LogP) is -0.0696. The molecule has 0 aromatic rings. The highest BCUT2D eigenvalue weighted by Gasteiger charge is 1.43. The van der Waals surface area contributed by atoms with Crippen LogP contribution in [0.3, 0.4) is 0 Å². The summed E-state index contributed by atoms with van der Waals surface area (Å²) in [6.45, 7) is -0.374. The van der Waals surface area contributed by atoms with Crippen LogP contribution in [-0.2, 0) is 262 Å². The van der Waals surface area contributed by atoms with Crippen molar-refractivity contribution >= 4 is 262 Å². The van der Waals surface area contributed by atoms with Crippen LogP contribution in [0.4, 0.5) is 0 Å². The van der Waals surface area contributed by atoms with Gasteiger partial charge in [0.15, 0.2) is 0 Å². The third kappa shape index (κ3) is 34.4. The van der Waals surface area contributed by atoms with Gasteiger partial charge in [-0.1, -0.05) is 0 Å². The van der Waals surface area contributed by atoms with Gasteiger partial charge >= 0.3 is 0 Å². The molecule has 0 saturated heterocycles. The maximum Gasteiger partial charge on any atom is 0 e. The van der Waals surface area contributed by atoms with Crippen LogP contribution in [-0.4, -0.2) is 0 Å². The molecule has 0 saturated carbocycles. The van der Waals surface area contributed by atoms with E-state index in [4.69, 9.17) is 33.6 Å². The van der Waals surface area contributed by atoms with Crippen molar-refractivity contribution in [3.8, 4) is 0 Å². The highest BCUT2D eigenvalue weighted by molar-refractivity contribution is 8.80. The summed E-state index contributed by atoms with van der Waals surface area (Å²) in [6.07, 6.45) is 0. The molecule has 0 heterocycles. The monoisotopic (exact) mass is 927 g/mol. The summed E-state index contributed by atoms with van der Waals surface area (Å²) in [5.74, 6) is 0. The molecule has 0 rings (SSSR count). The van der Waals surface area contributed by atoms with Gasteiger partial charge < -0.3 is 0 Å². The fourth-order valence-corrected chi connectivity index (χ4v) is 68.9. The summed E-state index contributed by atoms with van der Waals surface area (Å²) in [4.78, 5) is 0. The molecular weight excluding hydrogens is 930 g/mol. The molecule has 0 N–H and O–H groups in total. The van der Waals surface area contributed by atoms with E-state index >= 15 is 0 Å². The lowest BCUT2D eigenvalue weighted by molar-refractivity contribution is 5.95. The number of rotatable bonds is 0. The van der Waals surface area contributed by atoms with E-state index in [0.717, 1.165) is 0 Å². The molecule has 0 bridgehead atoms. The van der Waals surface area contributed by atoms with Crippen LogP contribution in [0.2, 0.25) is 0 Å². The standard InChI is InChI=1S/S29/c1-4-5-6-7-8-9-10-11-12-13-14-15-16-17-18-19-20-21-22-23-24-25-26-27-28-29(2)3. The molecule has 0 nitrogen and oxygen atoms in total. The van der Waals surface area contributed by atoms with Crippen LogP contribution in [0.1, 0.15) is 0 Å². The molecule has 0 aromatic carbocycles. The van der Waals surface area contributed by atoms with Crippen molar-refractivity contribution in [2.75, 3.05) is 0 Å². The summed E-state index contributed by atoms with van der Waals surface area (Å²) in [7, 11) is 43.8. The Balaban J connectivity index is 5.97. The van der Waals surface area contributed by atoms with Crippen molar-refractivity contribution in [3.63, 3.8) is 0 Å². The summed E-state index contributed by atoms with van der Waals surface area (Å²) >= 11 is 14.7. The van der Waals surface area contributed by atoms with Crippen molar-refractivity contribution in [3.05, 3.63) is 0 Å². The van der Waals surface area contributed by atoms with Crippen molar-refractivity contribution in [1.29, 1.82) is 0 Å². The average molecular weight is 930 g/mol. The van der Waals surface area contributed by atoms with Gasteiger partial charge in [0, 0.05) is 262 Å². The Labute approximate surface area is 255 Å². The molecule has 29 heteroatoms. The largest absolute Gasteiger partial charge is 0 e. The van der Waals surface area contributed by atoms with Gasteiger partial charge in [-0.25, -0.2) is 0 Å². The second-order valence-electron chi connectivity index (χ2n) is 1.91. The molecule has 0 unspecified atom stereocenters. The lowest BCUT2D eigenvalue weighted by Crippen LogP contribution is -1.41. The van der Waals surface area contributed by atoms with E-state index in [0.29, 0.717) is 0 Å². The smallest absolute Gasteiger partial charge is 0 e. The van der Waals surface area contributed by atoms with Gasteiger partial charge in [-0.15, -0.1) is 0 Å². The van der Waals surface area contributed by atoms with Gasteiger partial charge in [0.25, 0.3) is 0 Å². The zero-order chi connectivity index (χ0) is 21.3. The minimum atomic E-state index is -0.374. The summed E-state index contributed by atoms with van der Waals surface area (Å²) in [5, 5.41) is 0. The van der Waals surface area contributed by atoms with E-state index in [1.165, 1.54) is 8.88 Å². The Kier molecular flexibility index (Phi) is 39.5. The number of hydrogen-bond donors (Lipinski definition) is 0. The third-order valence-electron chi connectivity index (χ3n) is 0.722. The maximum atomic E-state index is 4.94. The molecule has 174 valence electrons. The van der Waals surface area contributed by atoms with E-state index in [1.807, 2.05) is 53.3 Å². The zero-order valence-corrected chi connectivity index (χ0v) is 35.5. The zero-order valence-electron chi connectivity index (χ0n) is 11.8. The Morgan fingerprint density at radius 3 is 0.724 bits per heavy atom. The quantitative estimate of drug-likeness (QED) is 0.335. The molecule has 0 amide bonds. The van der Waals surface area contributed by atoms with Crippen LogP contribution < -0.4 is 0 Å². The molecule has 0 aliphatic rings. The van der Waals surface area contributed by atoms with E-state index < -0.39 is 0 Å². The minimum absolute atomic E-state index is 0.374. The molecular formula is S29. The Morgan fingerprint density at radius 1 is 0.310 bits per heavy atom. The predicted molar refractivity (Wildman–Crippen MR) is 214 cm³/mol. The van der Waals surface area contributed by atoms with E-state index in [-0.39, 0.29) is 6.57 Å². The first-order valence-corrected chi connectivity index (χ1v) is 42.0. The molecule has 0 radical (unpaired) electrons. The van der Waals surface area contributed by atoms with Gasteiger partial charge in [0.05, 0.1) is 0 Å². The molecule has 0 atom stereocenters. The first-order valence-electron chi connectivity index (χ1n) is 4.67. The fourth-order valence-electron chi connectivity index (χ4n) is 0.284. The molecule has 0 aromatic heterocycles. The van der Waals surface area contributed by atoms with E-state index in [1.54, 1.807) is 160 Å². The van der Waals surface area contributed by atoms with Gasteiger partial charge in [-0.2, -0.15) is 0 Å². The minimum Gasteiger partial charge on any atom is 0 e. The first-order chi connectivity index (χ1) is 14.3. The molecule has 0 fully saturated rings. The molecule has 0 aliphatic carbocycles. The highest BCUT2D eigenvalue weighted by atomic mass is 33.5. The van der Waals surface area contributed by atoms with Crippen LogP contribution >= 0.6 is 0 Å². The van der Waals surface area contributed by atoms with Crippen molar-refractivity contribution in [2.45, 2.75) is 0 Å². The molecule has 29 heavy (non-hydrogen) atoms. The lowest BCUT2D eigenvalue weighted by Gasteiger charge is -1.41. The maximum absolute atomic E-state index is 4.94. The van der Waals surface area contributed by atoms with Crippen LogP contribution in [0.5, 0.6) is 0 Å². The third-order valence-corrected chi connectivity index (χ3v) is 58.5. The topological polar surface area (TPSA) is 0 Å². The second-order valence-corrected chi connectivity index (χ2v) is 51.4. The highest BCUT2D eigenvalue weighted by Crippen LogP contribution is 1.43. The van der Waals surface area contributed by atoms with Crippen molar-refractivity contribution < 1.29 is 0 Å². The lowest BCUT2D eigenvalue weighted by atomic mass is 30.7. The SMILES string of the molecule is S=S=S=S=S=S=S=S=S=S=S=S=S=S=S=S=S=S=S=S=S=S=S=S=S=S=S(=S)=S. The van der Waals surface area contributed by atoms with Gasteiger partial charge in [0.2, 0.25) is 0 Å². The molecule has 0 spiro atoms. The van der Waals surface area contributed by atoms with Crippen LogP contribution in [0.25, 0.3) is 0 Å². The van der Waals surface area contributed by atoms with Crippen molar-refractivity contribution in [2.24, 2.45) is 0 Å². The summed E-state index contributed by atoms with van der Waals surface area (Å²) < 4.78 is 0. The van der Waals surface area contributed by atoms with Crippen molar-refractivity contribution in [1.82, 2.24) is 0 Å². The fraction of sp³-hybridized carbons (Fsp3) is 0. The van der Waals surface area contributed by atoms with E-state index in [9.17, 15) is 0 Å². The number of hydrogen-bond acceptors (Lipinski definition) is 3. The van der Waals surface area contributed by atoms with Gasteiger partial charge in [-0.05, 0) is 0 Å². The van der Waals surface area contributed by atoms with Gasteiger partial charge in [-0.3, -0.25) is 0 Å². The normalized spacial score (nSPS) is 7.72. The van der Waals surface area contributed by atoms with Gasteiger partial charge in [0.1, 0.15) is 0 Å². The Hall–Kier alpha value is 6.38. The first kappa shape index (κ1) is 35.4. The van der Waals surface area contributed by atoms with E-state index in [2.05, 4.69) is 0 Å².